The van der Waals surface area contributed by atoms with Gasteiger partial charge in [-0.1, -0.05) is 0 Å². The Hall–Kier alpha value is -2.72. The predicted molar refractivity (Wildman–Crippen MR) is 125 cm³/mol. The number of nitrogens with one attached hydrogen (secondary N) is 2. The largest absolute Gasteiger partial charge is 0.493 e. The third-order valence-electron chi connectivity index (χ3n) is 5.52. The molecule has 0 aromatic heterocycles. The van der Waals surface area contributed by atoms with Crippen LogP contribution in [0, 0.1) is 0 Å². The number of anilines is 1. The van der Waals surface area contributed by atoms with Gasteiger partial charge in [-0.15, -0.1) is 0 Å². The van der Waals surface area contributed by atoms with Gasteiger partial charge in [0.05, 0.1) is 26.9 Å². The number of nitrogens with zero attached hydrogens (tertiary/aromatic N) is 1. The Kier molecular flexibility index (Phi) is 8.25. The normalized spacial score (nSPS) is 15.1. The van der Waals surface area contributed by atoms with E-state index >= 15 is 0 Å². The van der Waals surface area contributed by atoms with Crippen molar-refractivity contribution >= 4 is 23.0 Å². The summed E-state index contributed by atoms with van der Waals surface area (Å²) in [5.41, 5.74) is 0.891. The number of thiocarbonyl (C=S) groups is 1. The highest BCUT2D eigenvalue weighted by Crippen LogP contribution is 2.38. The van der Waals surface area contributed by atoms with Crippen LogP contribution in [0.25, 0.3) is 0 Å². The predicted octanol–water partition coefficient (Wildman–Crippen LogP) is 4.68. The molecule has 1 aliphatic rings. The Labute approximate surface area is 197 Å². The maximum Gasteiger partial charge on any atom is 0.416 e. The topological polar surface area (TPSA) is 55.0 Å². The first-order chi connectivity index (χ1) is 15.7. The molecule has 0 radical (unpaired) electrons. The van der Waals surface area contributed by atoms with E-state index in [2.05, 4.69) is 15.5 Å². The fraction of sp³-hybridized carbons (Fsp3) is 0.435. The molecule has 2 aromatic carbocycles. The fourth-order valence-corrected chi connectivity index (χ4v) is 4.10. The van der Waals surface area contributed by atoms with Gasteiger partial charge < -0.3 is 24.8 Å². The molecule has 1 aliphatic heterocycles. The maximum atomic E-state index is 12.7. The van der Waals surface area contributed by atoms with Gasteiger partial charge in [0.1, 0.15) is 0 Å². The number of rotatable bonds is 7. The van der Waals surface area contributed by atoms with Gasteiger partial charge in [0.2, 0.25) is 5.75 Å². The molecule has 1 saturated heterocycles. The van der Waals surface area contributed by atoms with Crippen LogP contribution in [-0.2, 0) is 12.7 Å². The van der Waals surface area contributed by atoms with Crippen molar-refractivity contribution in [2.24, 2.45) is 0 Å². The molecule has 2 aromatic rings. The van der Waals surface area contributed by atoms with Gasteiger partial charge in [-0.3, -0.25) is 4.90 Å². The summed E-state index contributed by atoms with van der Waals surface area (Å²) in [6.45, 7) is 2.49. The summed E-state index contributed by atoms with van der Waals surface area (Å²) in [5, 5.41) is 6.62. The van der Waals surface area contributed by atoms with Crippen molar-refractivity contribution in [1.29, 1.82) is 0 Å². The van der Waals surface area contributed by atoms with E-state index in [1.807, 2.05) is 12.1 Å². The van der Waals surface area contributed by atoms with Crippen LogP contribution in [0.3, 0.4) is 0 Å². The van der Waals surface area contributed by atoms with Crippen LogP contribution >= 0.6 is 12.2 Å². The van der Waals surface area contributed by atoms with Gasteiger partial charge in [0, 0.05) is 31.4 Å². The highest BCUT2D eigenvalue weighted by atomic mass is 32.1. The van der Waals surface area contributed by atoms with Gasteiger partial charge in [-0.25, -0.2) is 0 Å². The Morgan fingerprint density at radius 2 is 1.58 bits per heavy atom. The molecule has 10 heteroatoms. The van der Waals surface area contributed by atoms with Crippen LogP contribution in [-0.4, -0.2) is 50.5 Å². The third kappa shape index (κ3) is 6.64. The minimum absolute atomic E-state index is 0.190. The van der Waals surface area contributed by atoms with Gasteiger partial charge in [0.25, 0.3) is 0 Å². The second-order valence-electron chi connectivity index (χ2n) is 7.76. The number of piperidine rings is 1. The molecule has 180 valence electrons. The molecule has 0 aliphatic carbocycles. The average molecular weight is 484 g/mol. The molecule has 3 rings (SSSR count). The number of alkyl halides is 3. The summed E-state index contributed by atoms with van der Waals surface area (Å²) >= 11 is 5.34. The Morgan fingerprint density at radius 1 is 1.00 bits per heavy atom. The van der Waals surface area contributed by atoms with Crippen molar-refractivity contribution < 1.29 is 27.4 Å². The monoisotopic (exact) mass is 483 g/mol. The quantitative estimate of drug-likeness (QED) is 0.555. The zero-order valence-corrected chi connectivity index (χ0v) is 19.6. The molecule has 0 atom stereocenters. The van der Waals surface area contributed by atoms with Crippen molar-refractivity contribution in [1.82, 2.24) is 10.2 Å². The van der Waals surface area contributed by atoms with Crippen molar-refractivity contribution in [3.8, 4) is 17.2 Å². The summed E-state index contributed by atoms with van der Waals surface area (Å²) in [6.07, 6.45) is -2.58. The SMILES string of the molecule is COc1cc(CN2CCC(NC(=S)Nc3ccc(C(F)(F)F)cc3)CC2)cc(OC)c1OC. The van der Waals surface area contributed by atoms with Crippen LogP contribution in [0.4, 0.5) is 18.9 Å². The van der Waals surface area contributed by atoms with Crippen molar-refractivity contribution in [2.45, 2.75) is 31.6 Å². The van der Waals surface area contributed by atoms with E-state index in [0.717, 1.165) is 50.2 Å². The average Bonchev–Trinajstić information content (AvgIpc) is 2.79. The first kappa shape index (κ1) is 24.9. The lowest BCUT2D eigenvalue weighted by Crippen LogP contribution is -2.45. The molecule has 0 unspecified atom stereocenters. The highest BCUT2D eigenvalue weighted by Gasteiger charge is 2.30. The van der Waals surface area contributed by atoms with Crippen LogP contribution in [0.5, 0.6) is 17.2 Å². The van der Waals surface area contributed by atoms with E-state index < -0.39 is 11.7 Å². The molecule has 6 nitrogen and oxygen atoms in total. The number of benzene rings is 2. The van der Waals surface area contributed by atoms with E-state index in [0.29, 0.717) is 28.0 Å². The van der Waals surface area contributed by atoms with E-state index in [9.17, 15) is 13.2 Å². The van der Waals surface area contributed by atoms with Crippen LogP contribution in [0.1, 0.15) is 24.0 Å². The summed E-state index contributed by atoms with van der Waals surface area (Å²) in [6, 6.07) is 8.91. The van der Waals surface area contributed by atoms with Crippen LogP contribution in [0.15, 0.2) is 36.4 Å². The zero-order valence-electron chi connectivity index (χ0n) is 18.8. The van der Waals surface area contributed by atoms with Crippen molar-refractivity contribution in [3.63, 3.8) is 0 Å². The van der Waals surface area contributed by atoms with Crippen molar-refractivity contribution in [3.05, 3.63) is 47.5 Å². The zero-order chi connectivity index (χ0) is 24.0. The Morgan fingerprint density at radius 3 is 2.06 bits per heavy atom. The molecular formula is C23H28F3N3O3S. The lowest BCUT2D eigenvalue weighted by atomic mass is 10.0. The van der Waals surface area contributed by atoms with Gasteiger partial charge in [0.15, 0.2) is 16.6 Å². The molecule has 0 bridgehead atoms. The summed E-state index contributed by atoms with van der Waals surface area (Å²) < 4.78 is 54.3. The van der Waals surface area contributed by atoms with E-state index in [1.54, 1.807) is 21.3 Å². The molecular weight excluding hydrogens is 455 g/mol. The number of methoxy groups -OCH3 is 3. The minimum atomic E-state index is -4.35. The summed E-state index contributed by atoms with van der Waals surface area (Å²) in [7, 11) is 4.77. The number of halogens is 3. The molecule has 0 saturated carbocycles. The second-order valence-corrected chi connectivity index (χ2v) is 8.17. The van der Waals surface area contributed by atoms with Gasteiger partial charge >= 0.3 is 6.18 Å². The first-order valence-electron chi connectivity index (χ1n) is 10.5. The molecule has 2 N–H and O–H groups in total. The van der Waals surface area contributed by atoms with Crippen molar-refractivity contribution in [2.75, 3.05) is 39.7 Å². The number of hydrogen-bond acceptors (Lipinski definition) is 5. The lowest BCUT2D eigenvalue weighted by molar-refractivity contribution is -0.137. The standard InChI is InChI=1S/C23H28F3N3O3S/c1-30-19-12-15(13-20(31-2)21(19)32-3)14-29-10-8-18(9-11-29)28-22(33)27-17-6-4-16(5-7-17)23(24,25)26/h4-7,12-13,18H,8-11,14H2,1-3H3,(H2,27,28,33). The minimum Gasteiger partial charge on any atom is -0.493 e. The Bertz CT molecular complexity index is 921. The van der Waals surface area contributed by atoms with Crippen LogP contribution in [0.2, 0.25) is 0 Å². The molecule has 33 heavy (non-hydrogen) atoms. The molecule has 1 heterocycles. The van der Waals surface area contributed by atoms with E-state index in [4.69, 9.17) is 26.4 Å². The molecule has 1 fully saturated rings. The number of hydrogen-bond donors (Lipinski definition) is 2. The smallest absolute Gasteiger partial charge is 0.416 e. The second kappa shape index (κ2) is 10.9. The van der Waals surface area contributed by atoms with E-state index in [1.165, 1.54) is 12.1 Å². The summed E-state index contributed by atoms with van der Waals surface area (Å²) in [4.78, 5) is 2.34. The van der Waals surface area contributed by atoms with Crippen LogP contribution < -0.4 is 24.8 Å². The van der Waals surface area contributed by atoms with Gasteiger partial charge in [-0.2, -0.15) is 13.2 Å². The molecule has 0 amide bonds. The van der Waals surface area contributed by atoms with Gasteiger partial charge in [-0.05, 0) is 67.0 Å². The first-order valence-corrected chi connectivity index (χ1v) is 10.9. The van der Waals surface area contributed by atoms with E-state index in [-0.39, 0.29) is 6.04 Å². The maximum absolute atomic E-state index is 12.7. The number of ether oxygens (including phenoxy) is 3. The highest BCUT2D eigenvalue weighted by molar-refractivity contribution is 7.80. The lowest BCUT2D eigenvalue weighted by Gasteiger charge is -2.33. The third-order valence-corrected chi connectivity index (χ3v) is 5.74. The number of likely N-dealkylation sites (tertiary alicyclic amines) is 1. The molecule has 0 spiro atoms. The fourth-order valence-electron chi connectivity index (χ4n) is 3.82. The Balaban J connectivity index is 1.49. The summed E-state index contributed by atoms with van der Waals surface area (Å²) in [5.74, 6) is 1.83.